The topological polar surface area (TPSA) is 49.2 Å². The van der Waals surface area contributed by atoms with Gasteiger partial charge in [0.25, 0.3) is 0 Å². The average Bonchev–Trinajstić information content (AvgIpc) is 2.49. The van der Waals surface area contributed by atoms with Crippen molar-refractivity contribution in [3.05, 3.63) is 22.2 Å². The van der Waals surface area contributed by atoms with Gasteiger partial charge < -0.3 is 5.11 Å². The molecule has 0 aromatic carbocycles. The second-order valence-electron chi connectivity index (χ2n) is 3.61. The van der Waals surface area contributed by atoms with E-state index in [9.17, 15) is 5.11 Å². The highest BCUT2D eigenvalue weighted by Crippen LogP contribution is 2.15. The molecule has 1 aromatic rings. The summed E-state index contributed by atoms with van der Waals surface area (Å²) < 4.78 is 0. The highest BCUT2D eigenvalue weighted by Gasteiger charge is 2.20. The molecule has 1 fully saturated rings. The first-order valence-corrected chi connectivity index (χ1v) is 5.48. The van der Waals surface area contributed by atoms with Gasteiger partial charge >= 0.3 is 0 Å². The van der Waals surface area contributed by atoms with Crippen molar-refractivity contribution in [3.8, 4) is 0 Å². The van der Waals surface area contributed by atoms with E-state index in [1.165, 1.54) is 6.07 Å². The first kappa shape index (κ1) is 11.1. The maximum absolute atomic E-state index is 9.35. The van der Waals surface area contributed by atoms with Crippen molar-refractivity contribution in [1.82, 2.24) is 14.9 Å². The van der Waals surface area contributed by atoms with E-state index in [0.29, 0.717) is 29.2 Å². The van der Waals surface area contributed by atoms with E-state index in [1.807, 2.05) is 0 Å². The molecule has 1 atom stereocenters. The number of hydrogen-bond donors (Lipinski definition) is 1. The minimum absolute atomic E-state index is 0.236. The molecule has 1 unspecified atom stereocenters. The summed E-state index contributed by atoms with van der Waals surface area (Å²) in [6.45, 7) is 2.10. The Morgan fingerprint density at radius 1 is 1.40 bits per heavy atom. The third kappa shape index (κ3) is 3.01. The summed E-state index contributed by atoms with van der Waals surface area (Å²) in [6.07, 6.45) is 0.563. The third-order valence-electron chi connectivity index (χ3n) is 2.32. The summed E-state index contributed by atoms with van der Waals surface area (Å²) in [5.41, 5.74) is 0. The lowest BCUT2D eigenvalue weighted by molar-refractivity contribution is 0.174. The van der Waals surface area contributed by atoms with Crippen molar-refractivity contribution in [1.29, 1.82) is 0 Å². The SMILES string of the molecule is OC1CCN(Cc2nc(Cl)cc(Cl)n2)C1. The molecule has 0 radical (unpaired) electrons. The summed E-state index contributed by atoms with van der Waals surface area (Å²) in [7, 11) is 0. The van der Waals surface area contributed by atoms with Gasteiger partial charge in [-0.25, -0.2) is 9.97 Å². The van der Waals surface area contributed by atoms with E-state index in [1.54, 1.807) is 0 Å². The molecular formula is C9H11Cl2N3O. The first-order chi connectivity index (χ1) is 7.13. The fourth-order valence-corrected chi connectivity index (χ4v) is 2.12. The lowest BCUT2D eigenvalue weighted by Crippen LogP contribution is -2.22. The molecule has 4 nitrogen and oxygen atoms in total. The van der Waals surface area contributed by atoms with E-state index in [0.717, 1.165) is 13.0 Å². The largest absolute Gasteiger partial charge is 0.392 e. The summed E-state index contributed by atoms with van der Waals surface area (Å²) in [4.78, 5) is 10.2. The van der Waals surface area contributed by atoms with Gasteiger partial charge in [0.05, 0.1) is 12.6 Å². The Morgan fingerprint density at radius 2 is 2.07 bits per heavy atom. The zero-order valence-electron chi connectivity index (χ0n) is 8.03. The number of aliphatic hydroxyl groups is 1. The Labute approximate surface area is 97.9 Å². The summed E-state index contributed by atoms with van der Waals surface area (Å²) in [6, 6.07) is 1.51. The van der Waals surface area contributed by atoms with Crippen LogP contribution >= 0.6 is 23.2 Å². The van der Waals surface area contributed by atoms with Gasteiger partial charge in [-0.1, -0.05) is 23.2 Å². The number of nitrogens with zero attached hydrogens (tertiary/aromatic N) is 3. The minimum Gasteiger partial charge on any atom is -0.392 e. The van der Waals surface area contributed by atoms with E-state index in [2.05, 4.69) is 14.9 Å². The summed E-state index contributed by atoms with van der Waals surface area (Å²) in [5.74, 6) is 0.599. The Kier molecular flexibility index (Phi) is 3.41. The standard InChI is InChI=1S/C9H11Cl2N3O/c10-7-3-8(11)13-9(12-7)5-14-2-1-6(15)4-14/h3,6,15H,1-2,4-5H2. The van der Waals surface area contributed by atoms with Crippen LogP contribution in [0.15, 0.2) is 6.07 Å². The Hall–Kier alpha value is -0.420. The third-order valence-corrected chi connectivity index (χ3v) is 2.71. The van der Waals surface area contributed by atoms with E-state index in [4.69, 9.17) is 23.2 Å². The van der Waals surface area contributed by atoms with E-state index < -0.39 is 0 Å². The van der Waals surface area contributed by atoms with Gasteiger partial charge in [-0.05, 0) is 6.42 Å². The van der Waals surface area contributed by atoms with E-state index in [-0.39, 0.29) is 6.10 Å². The Morgan fingerprint density at radius 3 is 2.60 bits per heavy atom. The number of aliphatic hydroxyl groups excluding tert-OH is 1. The van der Waals surface area contributed by atoms with Crippen LogP contribution in [-0.2, 0) is 6.54 Å². The van der Waals surface area contributed by atoms with Crippen molar-refractivity contribution < 1.29 is 5.11 Å². The Bertz CT molecular complexity index is 341. The fourth-order valence-electron chi connectivity index (χ4n) is 1.66. The number of hydrogen-bond acceptors (Lipinski definition) is 4. The van der Waals surface area contributed by atoms with Crippen molar-refractivity contribution in [2.45, 2.75) is 19.1 Å². The van der Waals surface area contributed by atoms with Crippen molar-refractivity contribution in [3.63, 3.8) is 0 Å². The molecule has 15 heavy (non-hydrogen) atoms. The molecule has 1 aromatic heterocycles. The molecular weight excluding hydrogens is 237 g/mol. The molecule has 0 spiro atoms. The lowest BCUT2D eigenvalue weighted by Gasteiger charge is -2.13. The second kappa shape index (κ2) is 4.61. The van der Waals surface area contributed by atoms with Crippen LogP contribution < -0.4 is 0 Å². The molecule has 82 valence electrons. The van der Waals surface area contributed by atoms with Crippen LogP contribution in [0.2, 0.25) is 10.3 Å². The molecule has 1 aliphatic rings. The van der Waals surface area contributed by atoms with Crippen molar-refractivity contribution in [2.24, 2.45) is 0 Å². The van der Waals surface area contributed by atoms with Crippen LogP contribution in [0, 0.1) is 0 Å². The second-order valence-corrected chi connectivity index (χ2v) is 4.38. The lowest BCUT2D eigenvalue weighted by atomic mass is 10.3. The number of rotatable bonds is 2. The van der Waals surface area contributed by atoms with Crippen molar-refractivity contribution >= 4 is 23.2 Å². The smallest absolute Gasteiger partial charge is 0.145 e. The highest BCUT2D eigenvalue weighted by molar-refractivity contribution is 6.33. The van der Waals surface area contributed by atoms with Crippen LogP contribution in [0.3, 0.4) is 0 Å². The van der Waals surface area contributed by atoms with Gasteiger partial charge in [-0.15, -0.1) is 0 Å². The molecule has 1 aliphatic heterocycles. The minimum atomic E-state index is -0.236. The molecule has 0 aliphatic carbocycles. The Balaban J connectivity index is 2.04. The molecule has 0 bridgehead atoms. The normalized spacial score (nSPS) is 22.2. The van der Waals surface area contributed by atoms with Crippen LogP contribution in [0.4, 0.5) is 0 Å². The van der Waals surface area contributed by atoms with Crippen LogP contribution in [0.25, 0.3) is 0 Å². The summed E-state index contributed by atoms with van der Waals surface area (Å²) >= 11 is 11.5. The van der Waals surface area contributed by atoms with Gasteiger partial charge in [0, 0.05) is 19.2 Å². The predicted octanol–water partition coefficient (Wildman–Crippen LogP) is 1.35. The molecule has 1 N–H and O–H groups in total. The zero-order chi connectivity index (χ0) is 10.8. The van der Waals surface area contributed by atoms with Crippen LogP contribution in [-0.4, -0.2) is 39.2 Å². The molecule has 6 heteroatoms. The van der Waals surface area contributed by atoms with Crippen LogP contribution in [0.1, 0.15) is 12.2 Å². The molecule has 1 saturated heterocycles. The number of likely N-dealkylation sites (tertiary alicyclic amines) is 1. The summed E-state index contributed by atoms with van der Waals surface area (Å²) in [5, 5.41) is 10.1. The average molecular weight is 248 g/mol. The maximum Gasteiger partial charge on any atom is 0.145 e. The van der Waals surface area contributed by atoms with E-state index >= 15 is 0 Å². The van der Waals surface area contributed by atoms with Crippen molar-refractivity contribution in [2.75, 3.05) is 13.1 Å². The highest BCUT2D eigenvalue weighted by atomic mass is 35.5. The molecule has 2 heterocycles. The van der Waals surface area contributed by atoms with Crippen LogP contribution in [0.5, 0.6) is 0 Å². The maximum atomic E-state index is 9.35. The molecule has 2 rings (SSSR count). The van der Waals surface area contributed by atoms with Gasteiger partial charge in [0.2, 0.25) is 0 Å². The monoisotopic (exact) mass is 247 g/mol. The molecule has 0 amide bonds. The van der Waals surface area contributed by atoms with Gasteiger partial charge in [0.15, 0.2) is 0 Å². The molecule has 0 saturated carbocycles. The first-order valence-electron chi connectivity index (χ1n) is 4.73. The van der Waals surface area contributed by atoms with Gasteiger partial charge in [0.1, 0.15) is 16.1 Å². The zero-order valence-corrected chi connectivity index (χ0v) is 9.54. The fraction of sp³-hybridized carbons (Fsp3) is 0.556. The number of halogens is 2. The predicted molar refractivity (Wildman–Crippen MR) is 58.0 cm³/mol. The number of aromatic nitrogens is 2. The van der Waals surface area contributed by atoms with Gasteiger partial charge in [-0.3, -0.25) is 4.90 Å². The van der Waals surface area contributed by atoms with Gasteiger partial charge in [-0.2, -0.15) is 0 Å². The quantitative estimate of drug-likeness (QED) is 0.802. The number of β-amino-alcohol motifs (C(OH)–C–C–N with tert-alkyl or cyclic N) is 1.